The molecule has 492 valence electrons. The molecule has 0 aromatic rings. The van der Waals surface area contributed by atoms with Crippen LogP contribution in [0.2, 0.25) is 0 Å². The summed E-state index contributed by atoms with van der Waals surface area (Å²) < 4.78 is 30.8. The number of hydrogen-bond acceptors (Lipinski definition) is 6. The molecule has 0 rings (SSSR count). The molecule has 0 aliphatic carbocycles. The first-order chi connectivity index (χ1) is 40.9. The molecule has 0 aliphatic heterocycles. The lowest BCUT2D eigenvalue weighted by Crippen LogP contribution is -2.47. The highest BCUT2D eigenvalue weighted by Crippen LogP contribution is 2.43. The van der Waals surface area contributed by atoms with E-state index < -0.39 is 20.0 Å². The highest BCUT2D eigenvalue weighted by Gasteiger charge is 2.30. The van der Waals surface area contributed by atoms with Gasteiger partial charge in [0.05, 0.1) is 33.8 Å². The number of carbonyl (C=O) groups is 2. The molecule has 0 saturated carbocycles. The van der Waals surface area contributed by atoms with Crippen LogP contribution in [0, 0.1) is 0 Å². The maximum Gasteiger partial charge on any atom is 0.472 e. The van der Waals surface area contributed by atoms with Gasteiger partial charge in [-0.2, -0.15) is 0 Å². The van der Waals surface area contributed by atoms with E-state index in [1.807, 2.05) is 33.3 Å². The Bertz CT molecular complexity index is 1620. The van der Waals surface area contributed by atoms with Crippen LogP contribution in [0.15, 0.2) is 60.8 Å². The third-order valence-corrected chi connectivity index (χ3v) is 17.2. The minimum Gasteiger partial charge on any atom is -0.456 e. The highest BCUT2D eigenvalue weighted by atomic mass is 31.2. The molecule has 1 amide bonds. The summed E-state index contributed by atoms with van der Waals surface area (Å²) in [6.07, 6.45) is 82.3. The molecule has 0 bridgehead atoms. The van der Waals surface area contributed by atoms with E-state index in [4.69, 9.17) is 13.8 Å². The number of phosphoric ester groups is 1. The highest BCUT2D eigenvalue weighted by molar-refractivity contribution is 7.47. The summed E-state index contributed by atoms with van der Waals surface area (Å²) in [6, 6.07) is -0.852. The van der Waals surface area contributed by atoms with E-state index in [0.717, 1.165) is 70.6 Å². The van der Waals surface area contributed by atoms with Gasteiger partial charge in [-0.3, -0.25) is 18.6 Å². The lowest BCUT2D eigenvalue weighted by atomic mass is 10.0. The van der Waals surface area contributed by atoms with Crippen LogP contribution >= 0.6 is 7.82 Å². The Morgan fingerprint density at radius 2 is 0.726 bits per heavy atom. The molecule has 0 spiro atoms. The van der Waals surface area contributed by atoms with Gasteiger partial charge in [0.15, 0.2) is 0 Å². The Labute approximate surface area is 521 Å². The number of phosphoric acid groups is 1. The first kappa shape index (κ1) is 81.7. The monoisotopic (exact) mass is 1200 g/mol. The lowest BCUT2D eigenvalue weighted by molar-refractivity contribution is -0.870. The summed E-state index contributed by atoms with van der Waals surface area (Å²) in [7, 11) is 1.50. The van der Waals surface area contributed by atoms with Crippen LogP contribution < -0.4 is 5.32 Å². The number of likely N-dealkylation sites (N-methyl/N-ethyl adjacent to an activating group) is 1. The molecule has 0 aromatic heterocycles. The number of allylic oxidation sites excluding steroid dienone is 9. The number of esters is 1. The standard InChI is InChI=1S/C74H139N2O7P/c1-7-10-13-16-19-22-25-28-30-32-34-36-38-40-42-44-46-48-51-54-57-60-63-66-73(77)75-71(70-82-84(79,80)81-69-68-76(4,5)6)72(65-62-59-56-53-50-27-24-21-18-15-12-9-3)83-74(78)67-64-61-58-55-52-49-47-45-43-41-39-37-35-33-31-29-26-23-20-17-14-11-8-2/h19,22,28-31,34,36,62,65,71-72H,7-18,20-21,23-27,32-33,35,37-61,63-64,66-70H2,1-6H3,(H-,75,77,79,80)/p+1/b22-19-,30-28-,31-29+,36-34-,65-62+. The fourth-order valence-electron chi connectivity index (χ4n) is 10.6. The second-order valence-electron chi connectivity index (χ2n) is 25.8. The van der Waals surface area contributed by atoms with Crippen molar-refractivity contribution in [2.75, 3.05) is 40.9 Å². The van der Waals surface area contributed by atoms with Crippen LogP contribution in [-0.2, 0) is 27.9 Å². The van der Waals surface area contributed by atoms with Crippen molar-refractivity contribution in [3.63, 3.8) is 0 Å². The van der Waals surface area contributed by atoms with Gasteiger partial charge in [0.25, 0.3) is 0 Å². The van der Waals surface area contributed by atoms with Crippen molar-refractivity contribution in [1.29, 1.82) is 0 Å². The SMILES string of the molecule is CCCCC/C=C\C/C=C\C/C=C\CCCCCCCCCCCCC(=O)NC(COP(=O)(O)OCC[N+](C)(C)C)C(/C=C/CCCCCCCCCCCC)OC(=O)CCCCCCCCCCCCCCC/C=C/CCCCCCCC. The van der Waals surface area contributed by atoms with Crippen molar-refractivity contribution < 1.29 is 37.3 Å². The zero-order valence-corrected chi connectivity index (χ0v) is 57.3. The number of nitrogens with zero attached hydrogens (tertiary/aromatic N) is 1. The van der Waals surface area contributed by atoms with Crippen LogP contribution in [-0.4, -0.2) is 74.3 Å². The minimum absolute atomic E-state index is 0.0395. The molecule has 3 atom stereocenters. The zero-order chi connectivity index (χ0) is 61.4. The van der Waals surface area contributed by atoms with Gasteiger partial charge in [-0.25, -0.2) is 4.57 Å². The van der Waals surface area contributed by atoms with Gasteiger partial charge in [0.2, 0.25) is 5.91 Å². The normalized spacial score (nSPS) is 13.8. The quantitative estimate of drug-likeness (QED) is 0.0205. The molecule has 84 heavy (non-hydrogen) atoms. The molecule has 2 N–H and O–H groups in total. The van der Waals surface area contributed by atoms with Gasteiger partial charge in [-0.05, 0) is 96.0 Å². The molecule has 9 nitrogen and oxygen atoms in total. The second kappa shape index (κ2) is 63.7. The predicted octanol–water partition coefficient (Wildman–Crippen LogP) is 23.0. The summed E-state index contributed by atoms with van der Waals surface area (Å²) in [5, 5.41) is 3.07. The number of quaternary nitrogens is 1. The summed E-state index contributed by atoms with van der Waals surface area (Å²) in [5.74, 6) is -0.497. The van der Waals surface area contributed by atoms with Crippen LogP contribution in [0.1, 0.15) is 348 Å². The Morgan fingerprint density at radius 1 is 0.417 bits per heavy atom. The smallest absolute Gasteiger partial charge is 0.456 e. The number of amides is 1. The maximum atomic E-state index is 13.6. The molecule has 0 heterocycles. The summed E-state index contributed by atoms with van der Waals surface area (Å²) in [5.41, 5.74) is 0. The zero-order valence-electron chi connectivity index (χ0n) is 56.4. The van der Waals surface area contributed by atoms with E-state index in [0.29, 0.717) is 23.9 Å². The van der Waals surface area contributed by atoms with Crippen LogP contribution in [0.5, 0.6) is 0 Å². The van der Waals surface area contributed by atoms with Gasteiger partial charge in [-0.15, -0.1) is 0 Å². The number of rotatable bonds is 66. The Balaban J connectivity index is 5.06. The molecule has 0 fully saturated rings. The fourth-order valence-corrected chi connectivity index (χ4v) is 11.3. The molecule has 0 radical (unpaired) electrons. The third kappa shape index (κ3) is 64.2. The van der Waals surface area contributed by atoms with Crippen LogP contribution in [0.4, 0.5) is 0 Å². The van der Waals surface area contributed by atoms with E-state index in [1.54, 1.807) is 0 Å². The molecule has 0 aliphatic rings. The Morgan fingerprint density at radius 3 is 1.12 bits per heavy atom. The van der Waals surface area contributed by atoms with E-state index >= 15 is 0 Å². The predicted molar refractivity (Wildman–Crippen MR) is 365 cm³/mol. The second-order valence-corrected chi connectivity index (χ2v) is 27.2. The number of nitrogens with one attached hydrogen (secondary N) is 1. The van der Waals surface area contributed by atoms with E-state index in [-0.39, 0.29) is 25.1 Å². The number of hydrogen-bond donors (Lipinski definition) is 2. The van der Waals surface area contributed by atoms with E-state index in [9.17, 15) is 19.0 Å². The number of carbonyl (C=O) groups excluding carboxylic acids is 2. The van der Waals surface area contributed by atoms with Crippen LogP contribution in [0.25, 0.3) is 0 Å². The van der Waals surface area contributed by atoms with E-state index in [1.165, 1.54) is 244 Å². The van der Waals surface area contributed by atoms with Crippen LogP contribution in [0.3, 0.4) is 0 Å². The Hall–Kier alpha value is -2.29. The average Bonchev–Trinajstić information content (AvgIpc) is 3.64. The summed E-state index contributed by atoms with van der Waals surface area (Å²) in [4.78, 5) is 37.9. The average molecular weight is 1200 g/mol. The fraction of sp³-hybridized carbons (Fsp3) is 0.838. The summed E-state index contributed by atoms with van der Waals surface area (Å²) in [6.45, 7) is 7.02. The number of unbranched alkanes of at least 4 members (excludes halogenated alkanes) is 42. The maximum absolute atomic E-state index is 13.6. The molecular formula is C74H140N2O7P+. The topological polar surface area (TPSA) is 111 Å². The van der Waals surface area contributed by atoms with Gasteiger partial charge >= 0.3 is 13.8 Å². The van der Waals surface area contributed by atoms with Crippen molar-refractivity contribution in [3.8, 4) is 0 Å². The van der Waals surface area contributed by atoms with Gasteiger partial charge in [0.1, 0.15) is 19.3 Å². The lowest BCUT2D eigenvalue weighted by Gasteiger charge is -2.27. The Kier molecular flexibility index (Phi) is 62.0. The minimum atomic E-state index is -4.46. The van der Waals surface area contributed by atoms with Gasteiger partial charge in [-0.1, -0.05) is 300 Å². The van der Waals surface area contributed by atoms with Crippen molar-refractivity contribution in [2.45, 2.75) is 360 Å². The van der Waals surface area contributed by atoms with Crippen molar-refractivity contribution in [1.82, 2.24) is 5.32 Å². The third-order valence-electron chi connectivity index (χ3n) is 16.2. The molecule has 0 aromatic carbocycles. The molecule has 0 saturated heterocycles. The van der Waals surface area contributed by atoms with Gasteiger partial charge < -0.3 is 19.4 Å². The van der Waals surface area contributed by atoms with Crippen molar-refractivity contribution >= 4 is 19.7 Å². The van der Waals surface area contributed by atoms with Crippen molar-refractivity contribution in [3.05, 3.63) is 60.8 Å². The van der Waals surface area contributed by atoms with Crippen molar-refractivity contribution in [2.24, 2.45) is 0 Å². The first-order valence-corrected chi connectivity index (χ1v) is 37.6. The first-order valence-electron chi connectivity index (χ1n) is 36.1. The molecular weight excluding hydrogens is 1060 g/mol. The van der Waals surface area contributed by atoms with Gasteiger partial charge in [0, 0.05) is 12.8 Å². The molecule has 3 unspecified atom stereocenters. The number of ether oxygens (including phenoxy) is 1. The summed E-state index contributed by atoms with van der Waals surface area (Å²) >= 11 is 0. The van der Waals surface area contributed by atoms with E-state index in [2.05, 4.69) is 74.7 Å². The molecule has 10 heteroatoms. The largest absolute Gasteiger partial charge is 0.472 e.